The highest BCUT2D eigenvalue weighted by atomic mass is 32.2. The molecular formula is C33H31N5O4S. The van der Waals surface area contributed by atoms with Crippen molar-refractivity contribution in [3.63, 3.8) is 0 Å². The maximum Gasteiger partial charge on any atom is 0.271 e. The minimum atomic E-state index is -4.32. The Kier molecular flexibility index (Phi) is 7.38. The summed E-state index contributed by atoms with van der Waals surface area (Å²) in [6.45, 7) is 6.17. The van der Waals surface area contributed by atoms with E-state index in [-0.39, 0.29) is 10.6 Å². The van der Waals surface area contributed by atoms with Crippen molar-refractivity contribution < 1.29 is 17.9 Å². The molecule has 1 amide bonds. The van der Waals surface area contributed by atoms with Crippen molar-refractivity contribution in [1.29, 1.82) is 5.26 Å². The molecule has 0 aliphatic carbocycles. The molecule has 1 aromatic heterocycles. The number of carbonyl (C=O) groups excluding carboxylic acids is 1. The van der Waals surface area contributed by atoms with Gasteiger partial charge in [0.25, 0.3) is 15.9 Å². The van der Waals surface area contributed by atoms with Crippen LogP contribution in [-0.2, 0) is 20.4 Å². The summed E-state index contributed by atoms with van der Waals surface area (Å²) in [7, 11) is -4.32. The van der Waals surface area contributed by atoms with Crippen molar-refractivity contribution in [3.05, 3.63) is 114 Å². The summed E-state index contributed by atoms with van der Waals surface area (Å²) in [4.78, 5) is 23.5. The predicted octanol–water partition coefficient (Wildman–Crippen LogP) is 4.46. The molecule has 1 fully saturated rings. The highest BCUT2D eigenvalue weighted by Gasteiger charge is 2.60. The molecule has 0 N–H and O–H groups in total. The largest absolute Gasteiger partial charge is 0.493 e. The summed E-state index contributed by atoms with van der Waals surface area (Å²) < 4.78 is 35.6. The molecule has 3 heterocycles. The lowest BCUT2D eigenvalue weighted by Crippen LogP contribution is -2.60. The van der Waals surface area contributed by atoms with Gasteiger partial charge in [-0.15, -0.1) is 0 Å². The van der Waals surface area contributed by atoms with Gasteiger partial charge in [-0.3, -0.25) is 14.7 Å². The number of rotatable bonds is 7. The van der Waals surface area contributed by atoms with Crippen LogP contribution in [-0.4, -0.2) is 57.0 Å². The highest BCUT2D eigenvalue weighted by molar-refractivity contribution is 7.93. The van der Waals surface area contributed by atoms with E-state index in [1.54, 1.807) is 48.8 Å². The molecule has 2 aliphatic heterocycles. The topological polar surface area (TPSA) is 107 Å². The van der Waals surface area contributed by atoms with Gasteiger partial charge in [-0.2, -0.15) is 5.26 Å². The lowest BCUT2D eigenvalue weighted by atomic mass is 9.80. The zero-order valence-corrected chi connectivity index (χ0v) is 24.8. The van der Waals surface area contributed by atoms with Crippen molar-refractivity contribution in [2.75, 3.05) is 42.0 Å². The van der Waals surface area contributed by atoms with Crippen LogP contribution in [0.2, 0.25) is 0 Å². The molecule has 10 heteroatoms. The van der Waals surface area contributed by atoms with E-state index in [9.17, 15) is 13.7 Å². The van der Waals surface area contributed by atoms with E-state index in [0.29, 0.717) is 55.2 Å². The van der Waals surface area contributed by atoms with Gasteiger partial charge in [0.1, 0.15) is 5.75 Å². The van der Waals surface area contributed by atoms with Gasteiger partial charge in [0.15, 0.2) is 5.54 Å². The minimum absolute atomic E-state index is 0.0122. The third-order valence-corrected chi connectivity index (χ3v) is 9.86. The number of para-hydroxylation sites is 1. The summed E-state index contributed by atoms with van der Waals surface area (Å²) in [5, 5.41) is 9.90. The average Bonchev–Trinajstić information content (AvgIpc) is 3.30. The van der Waals surface area contributed by atoms with Crippen molar-refractivity contribution in [2.24, 2.45) is 0 Å². The number of pyridine rings is 1. The fraction of sp³-hybridized carbons (Fsp3) is 0.242. The summed E-state index contributed by atoms with van der Waals surface area (Å²) in [5.74, 6) is -0.138. The molecule has 0 bridgehead atoms. The second-order valence-corrected chi connectivity index (χ2v) is 12.3. The molecule has 0 spiro atoms. The van der Waals surface area contributed by atoms with E-state index in [0.717, 1.165) is 15.6 Å². The maximum absolute atomic E-state index is 15.1. The SMILES string of the molecule is CCOc1ccccc1C1(N2CCN(c3ccncc3)CC2)C(=O)N(S(=O)(=O)c2ccc(C)cc2)c2ccc(C#N)cc21. The zero-order valence-electron chi connectivity index (χ0n) is 24.0. The number of carbonyl (C=O) groups is 1. The summed E-state index contributed by atoms with van der Waals surface area (Å²) in [6, 6.07) is 24.6. The number of fused-ring (bicyclic) bond motifs is 1. The van der Waals surface area contributed by atoms with Crippen LogP contribution in [0.15, 0.2) is 96.2 Å². The number of nitrogens with zero attached hydrogens (tertiary/aromatic N) is 5. The van der Waals surface area contributed by atoms with Crippen LogP contribution in [0, 0.1) is 18.3 Å². The van der Waals surface area contributed by atoms with Crippen LogP contribution in [0.4, 0.5) is 11.4 Å². The molecule has 0 saturated carbocycles. The first-order valence-corrected chi connectivity index (χ1v) is 15.6. The summed E-state index contributed by atoms with van der Waals surface area (Å²) in [6.07, 6.45) is 3.49. The maximum atomic E-state index is 15.1. The molecule has 6 rings (SSSR count). The smallest absolute Gasteiger partial charge is 0.271 e. The first-order chi connectivity index (χ1) is 20.8. The van der Waals surface area contributed by atoms with Gasteiger partial charge in [0, 0.05) is 55.4 Å². The van der Waals surface area contributed by atoms with Crippen LogP contribution < -0.4 is 13.9 Å². The monoisotopic (exact) mass is 593 g/mol. The number of hydrogen-bond acceptors (Lipinski definition) is 8. The van der Waals surface area contributed by atoms with Crippen molar-refractivity contribution in [2.45, 2.75) is 24.3 Å². The number of benzene rings is 3. The molecule has 1 saturated heterocycles. The fourth-order valence-electron chi connectivity index (χ4n) is 6.14. The molecule has 2 aliphatic rings. The lowest BCUT2D eigenvalue weighted by Gasteiger charge is -2.46. The van der Waals surface area contributed by atoms with E-state index in [2.05, 4.69) is 16.0 Å². The van der Waals surface area contributed by atoms with Crippen LogP contribution >= 0.6 is 0 Å². The third-order valence-electron chi connectivity index (χ3n) is 8.15. The standard InChI is InChI=1S/C33H31N5O4S/c1-3-42-31-7-5-4-6-28(31)33(37-20-18-36(19-21-37)26-14-16-35-17-15-26)29-22-25(23-34)10-13-30(29)38(32(33)39)43(40,41)27-11-8-24(2)9-12-27/h4-17,22H,3,18-21H2,1-2H3. The Morgan fingerprint density at radius 3 is 2.30 bits per heavy atom. The van der Waals surface area contributed by atoms with E-state index >= 15 is 4.79 Å². The molecule has 218 valence electrons. The van der Waals surface area contributed by atoms with Gasteiger partial charge >= 0.3 is 0 Å². The van der Waals surface area contributed by atoms with Crippen molar-refractivity contribution in [1.82, 2.24) is 9.88 Å². The number of piperazine rings is 1. The lowest BCUT2D eigenvalue weighted by molar-refractivity contribution is -0.127. The molecule has 3 aromatic carbocycles. The second-order valence-electron chi connectivity index (χ2n) is 10.6. The van der Waals surface area contributed by atoms with Gasteiger partial charge in [0.2, 0.25) is 0 Å². The predicted molar refractivity (Wildman–Crippen MR) is 163 cm³/mol. The Hall–Kier alpha value is -4.72. The van der Waals surface area contributed by atoms with Crippen molar-refractivity contribution >= 4 is 27.3 Å². The summed E-state index contributed by atoms with van der Waals surface area (Å²) >= 11 is 0. The van der Waals surface area contributed by atoms with E-state index in [1.165, 1.54) is 12.1 Å². The second kappa shape index (κ2) is 11.2. The minimum Gasteiger partial charge on any atom is -0.493 e. The number of anilines is 2. The van der Waals surface area contributed by atoms with Crippen LogP contribution in [0.5, 0.6) is 5.75 Å². The number of aromatic nitrogens is 1. The van der Waals surface area contributed by atoms with E-state index in [4.69, 9.17) is 4.74 Å². The first-order valence-electron chi connectivity index (χ1n) is 14.2. The van der Waals surface area contributed by atoms with Crippen LogP contribution in [0.3, 0.4) is 0 Å². The number of aryl methyl sites for hydroxylation is 1. The number of hydrogen-bond donors (Lipinski definition) is 0. The number of sulfonamides is 1. The fourth-order valence-corrected chi connectivity index (χ4v) is 7.60. The molecular weight excluding hydrogens is 562 g/mol. The van der Waals surface area contributed by atoms with E-state index in [1.807, 2.05) is 49.1 Å². The average molecular weight is 594 g/mol. The van der Waals surface area contributed by atoms with Gasteiger partial charge in [-0.1, -0.05) is 35.9 Å². The first kappa shape index (κ1) is 28.4. The molecule has 43 heavy (non-hydrogen) atoms. The van der Waals surface area contributed by atoms with Gasteiger partial charge < -0.3 is 9.64 Å². The number of amides is 1. The third kappa shape index (κ3) is 4.61. The molecule has 1 unspecified atom stereocenters. The quantitative estimate of drug-likeness (QED) is 0.309. The zero-order chi connectivity index (χ0) is 30.2. The molecule has 4 aromatic rings. The van der Waals surface area contributed by atoms with Crippen LogP contribution in [0.25, 0.3) is 0 Å². The van der Waals surface area contributed by atoms with E-state index < -0.39 is 21.5 Å². The van der Waals surface area contributed by atoms with Gasteiger partial charge in [-0.05, 0) is 62.4 Å². The Labute approximate surface area is 251 Å². The van der Waals surface area contributed by atoms with Gasteiger partial charge in [0.05, 0.1) is 28.8 Å². The Bertz CT molecular complexity index is 1810. The number of nitriles is 1. The highest BCUT2D eigenvalue weighted by Crippen LogP contribution is 2.53. The van der Waals surface area contributed by atoms with Gasteiger partial charge in [-0.25, -0.2) is 12.7 Å². The molecule has 0 radical (unpaired) electrons. The molecule has 9 nitrogen and oxygen atoms in total. The van der Waals surface area contributed by atoms with Crippen molar-refractivity contribution in [3.8, 4) is 11.8 Å². The summed E-state index contributed by atoms with van der Waals surface area (Å²) in [5.41, 5.74) is 1.90. The Morgan fingerprint density at radius 1 is 0.930 bits per heavy atom. The normalized spacial score (nSPS) is 18.8. The molecule has 1 atom stereocenters. The Morgan fingerprint density at radius 2 is 1.63 bits per heavy atom. The van der Waals surface area contributed by atoms with Crippen LogP contribution in [0.1, 0.15) is 29.2 Å². The number of ether oxygens (including phenoxy) is 1. The Balaban J connectivity index is 1.57.